The Morgan fingerprint density at radius 2 is 2.14 bits per heavy atom. The van der Waals surface area contributed by atoms with Gasteiger partial charge in [-0.25, -0.2) is 9.48 Å². The highest BCUT2D eigenvalue weighted by molar-refractivity contribution is 6.32. The number of benzene rings is 1. The van der Waals surface area contributed by atoms with Crippen LogP contribution < -0.4 is 0 Å². The number of ether oxygens (including phenoxy) is 3. The fourth-order valence-corrected chi connectivity index (χ4v) is 2.32. The number of carbonyl (C=O) groups excluding carboxylic acids is 1. The first-order valence-corrected chi connectivity index (χ1v) is 7.32. The minimum Gasteiger partial charge on any atom is -0.462 e. The predicted molar refractivity (Wildman–Crippen MR) is 79.2 cm³/mol. The molecule has 0 bridgehead atoms. The molecule has 1 saturated heterocycles. The van der Waals surface area contributed by atoms with E-state index < -0.39 is 5.97 Å². The van der Waals surface area contributed by atoms with E-state index in [1.807, 2.05) is 18.2 Å². The molecule has 0 aliphatic carbocycles. The molecule has 2 aromatic rings. The molecule has 1 fully saturated rings. The van der Waals surface area contributed by atoms with Gasteiger partial charge < -0.3 is 14.2 Å². The van der Waals surface area contributed by atoms with Crippen molar-refractivity contribution < 1.29 is 19.0 Å². The molecule has 116 valence electrons. The molecule has 22 heavy (non-hydrogen) atoms. The molecule has 0 spiro atoms. The quantitative estimate of drug-likeness (QED) is 0.791. The summed E-state index contributed by atoms with van der Waals surface area (Å²) < 4.78 is 17.3. The topological polar surface area (TPSA) is 62.6 Å². The lowest BCUT2D eigenvalue weighted by atomic mass is 10.3. The van der Waals surface area contributed by atoms with E-state index in [4.69, 9.17) is 25.8 Å². The predicted octanol–water partition coefficient (Wildman–Crippen LogP) is 2.45. The average molecular weight is 323 g/mol. The van der Waals surface area contributed by atoms with Crippen LogP contribution in [0.3, 0.4) is 0 Å². The van der Waals surface area contributed by atoms with Crippen LogP contribution in [-0.4, -0.2) is 41.9 Å². The summed E-state index contributed by atoms with van der Waals surface area (Å²) in [5.74, 6) is -0.434. The highest BCUT2D eigenvalue weighted by Crippen LogP contribution is 2.19. The Morgan fingerprint density at radius 3 is 2.91 bits per heavy atom. The number of esters is 1. The third-order valence-corrected chi connectivity index (χ3v) is 3.51. The van der Waals surface area contributed by atoms with Crippen LogP contribution >= 0.6 is 11.6 Å². The van der Waals surface area contributed by atoms with E-state index in [1.165, 1.54) is 6.20 Å². The molecule has 0 radical (unpaired) electrons. The van der Waals surface area contributed by atoms with Crippen LogP contribution in [0.2, 0.25) is 5.02 Å². The number of hydrogen-bond acceptors (Lipinski definition) is 5. The van der Waals surface area contributed by atoms with Crippen molar-refractivity contribution in [2.75, 3.05) is 19.8 Å². The normalized spacial score (nSPS) is 15.1. The molecule has 1 aromatic heterocycles. The van der Waals surface area contributed by atoms with Gasteiger partial charge in [-0.1, -0.05) is 23.7 Å². The minimum absolute atomic E-state index is 0.237. The Hall–Kier alpha value is -1.89. The van der Waals surface area contributed by atoms with Crippen molar-refractivity contribution in [1.82, 2.24) is 9.78 Å². The van der Waals surface area contributed by atoms with Crippen molar-refractivity contribution in [1.29, 1.82) is 0 Å². The van der Waals surface area contributed by atoms with Gasteiger partial charge in [0.05, 0.1) is 42.3 Å². The smallest absolute Gasteiger partial charge is 0.341 e. The Labute approximate surface area is 132 Å². The molecule has 3 rings (SSSR count). The summed E-state index contributed by atoms with van der Waals surface area (Å²) in [6.07, 6.45) is 3.28. The summed E-state index contributed by atoms with van der Waals surface area (Å²) >= 11 is 6.10. The van der Waals surface area contributed by atoms with Crippen LogP contribution in [0.15, 0.2) is 36.7 Å². The van der Waals surface area contributed by atoms with Crippen molar-refractivity contribution in [2.45, 2.75) is 12.7 Å². The summed E-state index contributed by atoms with van der Waals surface area (Å²) in [6.45, 7) is 1.41. The number of aromatic nitrogens is 2. The monoisotopic (exact) mass is 322 g/mol. The van der Waals surface area contributed by atoms with Crippen LogP contribution in [0.1, 0.15) is 16.8 Å². The molecule has 0 atom stereocenters. The van der Waals surface area contributed by atoms with Gasteiger partial charge in [0.2, 0.25) is 0 Å². The van der Waals surface area contributed by atoms with E-state index in [0.29, 0.717) is 35.9 Å². The second-order valence-corrected chi connectivity index (χ2v) is 5.13. The second kappa shape index (κ2) is 6.91. The lowest BCUT2D eigenvalue weighted by Gasteiger charge is -2.08. The van der Waals surface area contributed by atoms with Gasteiger partial charge in [0, 0.05) is 12.6 Å². The van der Waals surface area contributed by atoms with E-state index in [0.717, 1.165) is 0 Å². The third-order valence-electron chi connectivity index (χ3n) is 3.20. The van der Waals surface area contributed by atoms with Gasteiger partial charge in [-0.05, 0) is 12.1 Å². The van der Waals surface area contributed by atoms with E-state index >= 15 is 0 Å². The molecule has 2 heterocycles. The van der Waals surface area contributed by atoms with Crippen LogP contribution in [0, 0.1) is 0 Å². The van der Waals surface area contributed by atoms with Crippen molar-refractivity contribution in [2.24, 2.45) is 0 Å². The van der Waals surface area contributed by atoms with Crippen molar-refractivity contribution >= 4 is 17.6 Å². The maximum absolute atomic E-state index is 12.0. The van der Waals surface area contributed by atoms with Gasteiger partial charge in [-0.3, -0.25) is 0 Å². The first kappa shape index (κ1) is 15.0. The number of hydrogen-bond donors (Lipinski definition) is 0. The maximum atomic E-state index is 12.0. The lowest BCUT2D eigenvalue weighted by molar-refractivity contribution is -0.0572. The maximum Gasteiger partial charge on any atom is 0.341 e. The molecule has 0 amide bonds. The van der Waals surface area contributed by atoms with E-state index in [2.05, 4.69) is 5.10 Å². The molecule has 7 heteroatoms. The number of nitrogens with zero attached hydrogens (tertiary/aromatic N) is 2. The summed E-state index contributed by atoms with van der Waals surface area (Å²) in [6, 6.07) is 7.26. The summed E-state index contributed by atoms with van der Waals surface area (Å²) in [7, 11) is 0. The standard InChI is InChI=1S/C15H15ClN2O4/c16-12-3-1-2-4-13(12)18-10-11(9-17-18)15(19)22-6-5-14-20-7-8-21-14/h1-4,9-10,14H,5-8H2. The zero-order chi connectivity index (χ0) is 15.4. The molecule has 0 saturated carbocycles. The highest BCUT2D eigenvalue weighted by Gasteiger charge is 2.17. The van der Waals surface area contributed by atoms with Crippen LogP contribution in [-0.2, 0) is 14.2 Å². The average Bonchev–Trinajstić information content (AvgIpc) is 3.19. The van der Waals surface area contributed by atoms with Gasteiger partial charge in [0.25, 0.3) is 0 Å². The Bertz CT molecular complexity index is 652. The van der Waals surface area contributed by atoms with Crippen molar-refractivity contribution in [3.05, 3.63) is 47.2 Å². The first-order valence-electron chi connectivity index (χ1n) is 6.94. The van der Waals surface area contributed by atoms with Gasteiger partial charge in [-0.15, -0.1) is 0 Å². The van der Waals surface area contributed by atoms with E-state index in [9.17, 15) is 4.79 Å². The summed E-state index contributed by atoms with van der Waals surface area (Å²) in [5.41, 5.74) is 1.07. The van der Waals surface area contributed by atoms with Crippen LogP contribution in [0.25, 0.3) is 5.69 Å². The highest BCUT2D eigenvalue weighted by atomic mass is 35.5. The third kappa shape index (κ3) is 3.47. The van der Waals surface area contributed by atoms with Crippen LogP contribution in [0.5, 0.6) is 0 Å². The Morgan fingerprint density at radius 1 is 1.36 bits per heavy atom. The number of halogens is 1. The van der Waals surface area contributed by atoms with Crippen LogP contribution in [0.4, 0.5) is 0 Å². The van der Waals surface area contributed by atoms with E-state index in [-0.39, 0.29) is 12.9 Å². The summed E-state index contributed by atoms with van der Waals surface area (Å²) in [5, 5.41) is 4.69. The number of para-hydroxylation sites is 1. The molecule has 0 unspecified atom stereocenters. The zero-order valence-electron chi connectivity index (χ0n) is 11.8. The second-order valence-electron chi connectivity index (χ2n) is 4.72. The number of carbonyl (C=O) groups is 1. The molecule has 1 aromatic carbocycles. The number of rotatable bonds is 5. The summed E-state index contributed by atoms with van der Waals surface area (Å²) in [4.78, 5) is 12.0. The van der Waals surface area contributed by atoms with Crippen molar-refractivity contribution in [3.8, 4) is 5.69 Å². The minimum atomic E-state index is -0.434. The van der Waals surface area contributed by atoms with E-state index in [1.54, 1.807) is 16.9 Å². The van der Waals surface area contributed by atoms with Gasteiger partial charge >= 0.3 is 5.97 Å². The fourth-order valence-electron chi connectivity index (χ4n) is 2.10. The Balaban J connectivity index is 1.58. The lowest BCUT2D eigenvalue weighted by Crippen LogP contribution is -2.14. The zero-order valence-corrected chi connectivity index (χ0v) is 12.5. The molecule has 1 aliphatic rings. The molecular weight excluding hydrogens is 308 g/mol. The molecule has 1 aliphatic heterocycles. The van der Waals surface area contributed by atoms with Crippen molar-refractivity contribution in [3.63, 3.8) is 0 Å². The van der Waals surface area contributed by atoms with Gasteiger partial charge in [-0.2, -0.15) is 5.10 Å². The van der Waals surface area contributed by atoms with Gasteiger partial charge in [0.1, 0.15) is 0 Å². The molecular formula is C15H15ClN2O4. The largest absolute Gasteiger partial charge is 0.462 e. The first-order chi connectivity index (χ1) is 10.7. The SMILES string of the molecule is O=C(OCCC1OCCO1)c1cnn(-c2ccccc2Cl)c1. The molecule has 6 nitrogen and oxygen atoms in total. The fraction of sp³-hybridized carbons (Fsp3) is 0.333. The molecule has 0 N–H and O–H groups in total. The van der Waals surface area contributed by atoms with Gasteiger partial charge in [0.15, 0.2) is 6.29 Å². The Kier molecular flexibility index (Phi) is 4.72.